The van der Waals surface area contributed by atoms with E-state index < -0.39 is 5.91 Å². The number of benzene rings is 1. The van der Waals surface area contributed by atoms with Crippen LogP contribution in [0.15, 0.2) is 36.8 Å². The fourth-order valence-corrected chi connectivity index (χ4v) is 1.33. The molecule has 0 bridgehead atoms. The molecule has 0 atom stereocenters. The monoisotopic (exact) mass is 216 g/mol. The standard InChI is InChI=1S/C11H12N4O/c12-11(16)8-1-3-9(4-2-8)14-6-10-5-13-7-15-10/h1-5,7,14H,6H2,(H2,12,16)(H,13,15). The van der Waals surface area contributed by atoms with Crippen LogP contribution in [-0.2, 0) is 6.54 Å². The summed E-state index contributed by atoms with van der Waals surface area (Å²) < 4.78 is 0. The predicted molar refractivity (Wildman–Crippen MR) is 60.9 cm³/mol. The number of H-pyrrole nitrogens is 1. The summed E-state index contributed by atoms with van der Waals surface area (Å²) in [5, 5.41) is 3.19. The van der Waals surface area contributed by atoms with E-state index in [1.54, 1.807) is 24.7 Å². The number of rotatable bonds is 4. The lowest BCUT2D eigenvalue weighted by Crippen LogP contribution is -2.10. The van der Waals surface area contributed by atoms with Gasteiger partial charge in [-0.1, -0.05) is 0 Å². The number of primary amides is 1. The van der Waals surface area contributed by atoms with Crippen LogP contribution in [0.3, 0.4) is 0 Å². The molecule has 1 aromatic heterocycles. The molecule has 82 valence electrons. The molecule has 2 aromatic rings. The zero-order valence-electron chi connectivity index (χ0n) is 8.60. The Balaban J connectivity index is 1.98. The van der Waals surface area contributed by atoms with E-state index in [2.05, 4.69) is 15.3 Å². The van der Waals surface area contributed by atoms with Crippen LogP contribution in [0.4, 0.5) is 5.69 Å². The van der Waals surface area contributed by atoms with Crippen LogP contribution in [0.1, 0.15) is 16.1 Å². The first-order valence-electron chi connectivity index (χ1n) is 4.87. The number of hydrogen-bond acceptors (Lipinski definition) is 3. The minimum absolute atomic E-state index is 0.417. The van der Waals surface area contributed by atoms with Gasteiger partial charge in [0.15, 0.2) is 0 Å². The van der Waals surface area contributed by atoms with E-state index in [1.165, 1.54) is 0 Å². The summed E-state index contributed by atoms with van der Waals surface area (Å²) in [6.07, 6.45) is 3.39. The molecule has 1 heterocycles. The van der Waals surface area contributed by atoms with Crippen molar-refractivity contribution in [2.75, 3.05) is 5.32 Å². The molecule has 5 heteroatoms. The fraction of sp³-hybridized carbons (Fsp3) is 0.0909. The summed E-state index contributed by atoms with van der Waals surface area (Å²) in [5.41, 5.74) is 7.58. The van der Waals surface area contributed by atoms with E-state index in [4.69, 9.17) is 5.73 Å². The van der Waals surface area contributed by atoms with Crippen LogP contribution < -0.4 is 11.1 Å². The number of nitrogens with two attached hydrogens (primary N) is 1. The number of anilines is 1. The first-order valence-corrected chi connectivity index (χ1v) is 4.87. The van der Waals surface area contributed by atoms with Crippen LogP contribution in [-0.4, -0.2) is 15.9 Å². The first kappa shape index (κ1) is 10.2. The van der Waals surface area contributed by atoms with Crippen LogP contribution in [0.5, 0.6) is 0 Å². The van der Waals surface area contributed by atoms with Gasteiger partial charge >= 0.3 is 0 Å². The smallest absolute Gasteiger partial charge is 0.248 e. The zero-order chi connectivity index (χ0) is 11.4. The number of nitrogens with zero attached hydrogens (tertiary/aromatic N) is 1. The number of amides is 1. The average molecular weight is 216 g/mol. The molecule has 0 unspecified atom stereocenters. The third-order valence-corrected chi connectivity index (χ3v) is 2.21. The Labute approximate surface area is 92.7 Å². The van der Waals surface area contributed by atoms with Crippen molar-refractivity contribution in [3.63, 3.8) is 0 Å². The van der Waals surface area contributed by atoms with Gasteiger partial charge in [0.2, 0.25) is 5.91 Å². The summed E-state index contributed by atoms with van der Waals surface area (Å²) in [6, 6.07) is 7.02. The Morgan fingerprint density at radius 1 is 1.38 bits per heavy atom. The Hall–Kier alpha value is -2.30. The van der Waals surface area contributed by atoms with Gasteiger partial charge in [-0.05, 0) is 24.3 Å². The number of imidazole rings is 1. The molecule has 0 aliphatic rings. The Kier molecular flexibility index (Phi) is 2.86. The summed E-state index contributed by atoms with van der Waals surface area (Å²) in [5.74, 6) is -0.417. The molecule has 2 rings (SSSR count). The maximum atomic E-state index is 10.8. The maximum absolute atomic E-state index is 10.8. The van der Waals surface area contributed by atoms with E-state index >= 15 is 0 Å². The number of nitrogens with one attached hydrogen (secondary N) is 2. The van der Waals surface area contributed by atoms with Gasteiger partial charge in [-0.25, -0.2) is 4.98 Å². The van der Waals surface area contributed by atoms with Crippen LogP contribution in [0.25, 0.3) is 0 Å². The van der Waals surface area contributed by atoms with E-state index in [-0.39, 0.29) is 0 Å². The second-order valence-electron chi connectivity index (χ2n) is 3.37. The number of aromatic nitrogens is 2. The Bertz CT molecular complexity index is 461. The highest BCUT2D eigenvalue weighted by molar-refractivity contribution is 5.93. The summed E-state index contributed by atoms with van der Waals surface area (Å²) in [7, 11) is 0. The van der Waals surface area contributed by atoms with Crippen molar-refractivity contribution in [3.05, 3.63) is 48.0 Å². The van der Waals surface area contributed by atoms with Gasteiger partial charge in [-0.2, -0.15) is 0 Å². The predicted octanol–water partition coefficient (Wildman–Crippen LogP) is 1.12. The van der Waals surface area contributed by atoms with Gasteiger partial charge in [0, 0.05) is 17.4 Å². The molecule has 0 spiro atoms. The molecule has 4 N–H and O–H groups in total. The summed E-state index contributed by atoms with van der Waals surface area (Å²) in [4.78, 5) is 17.7. The number of carbonyl (C=O) groups is 1. The lowest BCUT2D eigenvalue weighted by atomic mass is 10.2. The topological polar surface area (TPSA) is 83.8 Å². The second-order valence-corrected chi connectivity index (χ2v) is 3.37. The quantitative estimate of drug-likeness (QED) is 0.716. The molecule has 0 saturated heterocycles. The van der Waals surface area contributed by atoms with Gasteiger partial charge in [-0.3, -0.25) is 4.79 Å². The van der Waals surface area contributed by atoms with E-state index in [0.717, 1.165) is 11.4 Å². The summed E-state index contributed by atoms with van der Waals surface area (Å²) >= 11 is 0. The normalized spacial score (nSPS) is 10.0. The molecular weight excluding hydrogens is 204 g/mol. The van der Waals surface area contributed by atoms with E-state index in [0.29, 0.717) is 12.1 Å². The molecule has 0 fully saturated rings. The third-order valence-electron chi connectivity index (χ3n) is 2.21. The molecule has 16 heavy (non-hydrogen) atoms. The minimum atomic E-state index is -0.417. The highest BCUT2D eigenvalue weighted by Gasteiger charge is 1.99. The van der Waals surface area contributed by atoms with Crippen LogP contribution in [0, 0.1) is 0 Å². The second kappa shape index (κ2) is 4.48. The maximum Gasteiger partial charge on any atom is 0.248 e. The van der Waals surface area contributed by atoms with Gasteiger partial charge in [0.05, 0.1) is 18.6 Å². The highest BCUT2D eigenvalue weighted by atomic mass is 16.1. The number of carbonyl (C=O) groups excluding carboxylic acids is 1. The molecular formula is C11H12N4O. The van der Waals surface area contributed by atoms with Gasteiger partial charge in [0.1, 0.15) is 0 Å². The van der Waals surface area contributed by atoms with Gasteiger partial charge in [0.25, 0.3) is 0 Å². The van der Waals surface area contributed by atoms with Crippen LogP contribution >= 0.6 is 0 Å². The van der Waals surface area contributed by atoms with E-state index in [9.17, 15) is 4.79 Å². The van der Waals surface area contributed by atoms with Crippen molar-refractivity contribution in [1.29, 1.82) is 0 Å². The molecule has 0 radical (unpaired) electrons. The zero-order valence-corrected chi connectivity index (χ0v) is 8.60. The molecule has 1 amide bonds. The molecule has 5 nitrogen and oxygen atoms in total. The lowest BCUT2D eigenvalue weighted by molar-refractivity contribution is 0.100. The Morgan fingerprint density at radius 3 is 2.69 bits per heavy atom. The number of aromatic amines is 1. The molecule has 0 aliphatic carbocycles. The fourth-order valence-electron chi connectivity index (χ4n) is 1.33. The van der Waals surface area contributed by atoms with Crippen LogP contribution in [0.2, 0.25) is 0 Å². The molecule has 1 aromatic carbocycles. The van der Waals surface area contributed by atoms with Crippen molar-refractivity contribution >= 4 is 11.6 Å². The number of hydrogen-bond donors (Lipinski definition) is 3. The first-order chi connectivity index (χ1) is 7.75. The third kappa shape index (κ3) is 2.38. The average Bonchev–Trinajstić information content (AvgIpc) is 2.80. The lowest BCUT2D eigenvalue weighted by Gasteiger charge is -2.04. The minimum Gasteiger partial charge on any atom is -0.379 e. The van der Waals surface area contributed by atoms with Crippen molar-refractivity contribution in [2.24, 2.45) is 5.73 Å². The van der Waals surface area contributed by atoms with Crippen molar-refractivity contribution in [3.8, 4) is 0 Å². The van der Waals surface area contributed by atoms with Gasteiger partial charge < -0.3 is 16.0 Å². The molecule has 0 saturated carbocycles. The van der Waals surface area contributed by atoms with Crippen molar-refractivity contribution < 1.29 is 4.79 Å². The largest absolute Gasteiger partial charge is 0.379 e. The Morgan fingerprint density at radius 2 is 2.12 bits per heavy atom. The summed E-state index contributed by atoms with van der Waals surface area (Å²) in [6.45, 7) is 0.663. The molecule has 0 aliphatic heterocycles. The highest BCUT2D eigenvalue weighted by Crippen LogP contribution is 2.10. The van der Waals surface area contributed by atoms with Crippen molar-refractivity contribution in [1.82, 2.24) is 9.97 Å². The SMILES string of the molecule is NC(=O)c1ccc(NCc2cnc[nH]2)cc1. The van der Waals surface area contributed by atoms with Gasteiger partial charge in [-0.15, -0.1) is 0 Å². The van der Waals surface area contributed by atoms with Crippen molar-refractivity contribution in [2.45, 2.75) is 6.54 Å². The van der Waals surface area contributed by atoms with E-state index in [1.807, 2.05) is 12.1 Å².